The third-order valence-corrected chi connectivity index (χ3v) is 5.67. The molecule has 3 aromatic carbocycles. The van der Waals surface area contributed by atoms with Crippen LogP contribution in [0.25, 0.3) is 32.7 Å². The Kier molecular flexibility index (Phi) is 3.69. The van der Waals surface area contributed by atoms with Gasteiger partial charge in [-0.25, -0.2) is 0 Å². The predicted octanol–water partition coefficient (Wildman–Crippen LogP) is 3.67. The van der Waals surface area contributed by atoms with Gasteiger partial charge in [0.1, 0.15) is 45.9 Å². The Labute approximate surface area is 165 Å². The van der Waals surface area contributed by atoms with Gasteiger partial charge in [0.05, 0.1) is 18.1 Å². The number of aliphatic hydroxyl groups excluding tert-OH is 2. The van der Waals surface area contributed by atoms with E-state index in [9.17, 15) is 15.0 Å². The second kappa shape index (κ2) is 5.95. The molecule has 0 radical (unpaired) electrons. The summed E-state index contributed by atoms with van der Waals surface area (Å²) in [4.78, 5) is 13.4. The van der Waals surface area contributed by atoms with Gasteiger partial charge in [-0.05, 0) is 36.8 Å². The van der Waals surface area contributed by atoms with E-state index >= 15 is 0 Å². The van der Waals surface area contributed by atoms with Crippen LogP contribution in [0.4, 0.5) is 0 Å². The number of ether oxygens (including phenoxy) is 2. The van der Waals surface area contributed by atoms with Gasteiger partial charge >= 0.3 is 0 Å². The van der Waals surface area contributed by atoms with Crippen LogP contribution in [0, 0.1) is 0 Å². The molecule has 5 rings (SSSR count). The molecule has 4 aromatic rings. The zero-order chi connectivity index (χ0) is 20.5. The molecule has 0 saturated heterocycles. The van der Waals surface area contributed by atoms with Crippen LogP contribution in [-0.2, 0) is 0 Å². The first-order valence-electron chi connectivity index (χ1n) is 9.37. The number of hydrogen-bond acceptors (Lipinski definition) is 6. The maximum absolute atomic E-state index is 13.4. The molecular formula is C23H20O6. The number of rotatable bonds is 1. The number of fused-ring (bicyclic) bond motifs is 4. The van der Waals surface area contributed by atoms with Crippen molar-refractivity contribution in [3.8, 4) is 11.5 Å². The van der Waals surface area contributed by atoms with Crippen LogP contribution < -0.4 is 14.9 Å². The molecule has 29 heavy (non-hydrogen) atoms. The molecule has 0 bridgehead atoms. The summed E-state index contributed by atoms with van der Waals surface area (Å²) in [7, 11) is 1.41. The Morgan fingerprint density at radius 3 is 2.41 bits per heavy atom. The Hall–Kier alpha value is -3.09. The minimum atomic E-state index is -1.26. The molecule has 148 valence electrons. The summed E-state index contributed by atoms with van der Waals surface area (Å²) in [5.41, 5.74) is -0.276. The Morgan fingerprint density at radius 1 is 1.03 bits per heavy atom. The standard InChI is InChI=1S/C23H20O6/c1-23(2)22(26)20(25)18-16(29-23)10-15-17(21(18)27-3)19(24)13-8-11-6-4-5-7-12(11)9-14(13)28-15/h4-10,20,22,25-26H,1-3H3/t20-,22-/m1/s1. The van der Waals surface area contributed by atoms with Crippen LogP contribution in [0.5, 0.6) is 11.5 Å². The summed E-state index contributed by atoms with van der Waals surface area (Å²) in [6.45, 7) is 3.37. The van der Waals surface area contributed by atoms with Gasteiger partial charge in [-0.2, -0.15) is 0 Å². The molecule has 1 aliphatic heterocycles. The lowest BCUT2D eigenvalue weighted by molar-refractivity contribution is -0.112. The van der Waals surface area contributed by atoms with Gasteiger partial charge in [-0.3, -0.25) is 4.79 Å². The summed E-state index contributed by atoms with van der Waals surface area (Å²) < 4.78 is 17.5. The molecule has 0 amide bonds. The van der Waals surface area contributed by atoms with Crippen LogP contribution in [-0.4, -0.2) is 29.0 Å². The molecule has 2 atom stereocenters. The first kappa shape index (κ1) is 18.0. The number of benzene rings is 3. The summed E-state index contributed by atoms with van der Waals surface area (Å²) in [5.74, 6) is 0.476. The van der Waals surface area contributed by atoms with Crippen molar-refractivity contribution in [2.75, 3.05) is 7.11 Å². The largest absolute Gasteiger partial charge is 0.495 e. The fourth-order valence-corrected chi connectivity index (χ4v) is 4.12. The normalized spacial score (nSPS) is 20.6. The number of hydrogen-bond donors (Lipinski definition) is 2. The maximum Gasteiger partial charge on any atom is 0.204 e. The van der Waals surface area contributed by atoms with Crippen LogP contribution >= 0.6 is 0 Å². The van der Waals surface area contributed by atoms with Crippen molar-refractivity contribution in [3.63, 3.8) is 0 Å². The third-order valence-electron chi connectivity index (χ3n) is 5.67. The fraction of sp³-hybridized carbons (Fsp3) is 0.261. The first-order valence-corrected chi connectivity index (χ1v) is 9.37. The minimum Gasteiger partial charge on any atom is -0.495 e. The smallest absolute Gasteiger partial charge is 0.204 e. The maximum atomic E-state index is 13.4. The van der Waals surface area contributed by atoms with E-state index in [2.05, 4.69) is 0 Å². The van der Waals surface area contributed by atoms with Gasteiger partial charge in [0.25, 0.3) is 0 Å². The molecule has 0 fully saturated rings. The van der Waals surface area contributed by atoms with E-state index in [4.69, 9.17) is 13.9 Å². The average Bonchev–Trinajstić information content (AvgIpc) is 2.69. The SMILES string of the molecule is COc1c2c(cc3oc4cc5ccccc5cc4c(=O)c13)OC(C)(C)[C@H](O)[C@@H]2O. The zero-order valence-corrected chi connectivity index (χ0v) is 16.2. The number of methoxy groups -OCH3 is 1. The predicted molar refractivity (Wildman–Crippen MR) is 110 cm³/mol. The third kappa shape index (κ3) is 2.46. The van der Waals surface area contributed by atoms with Gasteiger partial charge in [0, 0.05) is 6.07 Å². The molecule has 6 heteroatoms. The van der Waals surface area contributed by atoms with E-state index < -0.39 is 17.8 Å². The Balaban J connectivity index is 1.92. The fourth-order valence-electron chi connectivity index (χ4n) is 4.12. The number of aliphatic hydroxyl groups is 2. The van der Waals surface area contributed by atoms with E-state index in [0.717, 1.165) is 10.8 Å². The van der Waals surface area contributed by atoms with Crippen molar-refractivity contribution in [2.24, 2.45) is 0 Å². The van der Waals surface area contributed by atoms with Crippen LogP contribution in [0.15, 0.2) is 51.7 Å². The van der Waals surface area contributed by atoms with E-state index in [-0.39, 0.29) is 22.1 Å². The molecule has 0 saturated carbocycles. The molecular weight excluding hydrogens is 372 g/mol. The molecule has 0 spiro atoms. The molecule has 1 aliphatic rings. The molecule has 2 heterocycles. The van der Waals surface area contributed by atoms with Crippen molar-refractivity contribution in [1.82, 2.24) is 0 Å². The van der Waals surface area contributed by atoms with E-state index in [1.165, 1.54) is 7.11 Å². The molecule has 2 N–H and O–H groups in total. The lowest BCUT2D eigenvalue weighted by Crippen LogP contribution is -2.48. The molecule has 0 unspecified atom stereocenters. The lowest BCUT2D eigenvalue weighted by atomic mass is 9.87. The summed E-state index contributed by atoms with van der Waals surface area (Å²) in [6, 6.07) is 12.9. The Morgan fingerprint density at radius 2 is 1.72 bits per heavy atom. The molecule has 1 aromatic heterocycles. The van der Waals surface area contributed by atoms with Crippen molar-refractivity contribution >= 4 is 32.7 Å². The molecule has 6 nitrogen and oxygen atoms in total. The highest BCUT2D eigenvalue weighted by Gasteiger charge is 2.44. The zero-order valence-electron chi connectivity index (χ0n) is 16.2. The average molecular weight is 392 g/mol. The van der Waals surface area contributed by atoms with Crippen molar-refractivity contribution in [1.29, 1.82) is 0 Å². The van der Waals surface area contributed by atoms with Crippen molar-refractivity contribution in [2.45, 2.75) is 31.7 Å². The monoisotopic (exact) mass is 392 g/mol. The lowest BCUT2D eigenvalue weighted by Gasteiger charge is -2.40. The van der Waals surface area contributed by atoms with Crippen LogP contribution in [0.3, 0.4) is 0 Å². The van der Waals surface area contributed by atoms with Crippen molar-refractivity contribution < 1.29 is 24.1 Å². The van der Waals surface area contributed by atoms with Gasteiger partial charge in [0.2, 0.25) is 5.43 Å². The van der Waals surface area contributed by atoms with E-state index in [1.807, 2.05) is 30.3 Å². The molecule has 0 aliphatic carbocycles. The van der Waals surface area contributed by atoms with Gasteiger partial charge in [0.15, 0.2) is 0 Å². The van der Waals surface area contributed by atoms with Gasteiger partial charge in [-0.15, -0.1) is 0 Å². The Bertz CT molecular complexity index is 1350. The van der Waals surface area contributed by atoms with E-state index in [0.29, 0.717) is 22.3 Å². The highest BCUT2D eigenvalue weighted by Crippen LogP contribution is 2.47. The minimum absolute atomic E-state index is 0.156. The van der Waals surface area contributed by atoms with Crippen LogP contribution in [0.2, 0.25) is 0 Å². The second-order valence-corrected chi connectivity index (χ2v) is 7.92. The highest BCUT2D eigenvalue weighted by molar-refractivity contribution is 6.01. The van der Waals surface area contributed by atoms with Crippen molar-refractivity contribution in [3.05, 3.63) is 58.3 Å². The highest BCUT2D eigenvalue weighted by atomic mass is 16.5. The summed E-state index contributed by atoms with van der Waals surface area (Å²) in [6.07, 6.45) is -2.45. The summed E-state index contributed by atoms with van der Waals surface area (Å²) in [5, 5.41) is 23.7. The van der Waals surface area contributed by atoms with Gasteiger partial charge < -0.3 is 24.1 Å². The van der Waals surface area contributed by atoms with Crippen LogP contribution in [0.1, 0.15) is 25.5 Å². The first-order chi connectivity index (χ1) is 13.8. The van der Waals surface area contributed by atoms with E-state index in [1.54, 1.807) is 26.0 Å². The topological polar surface area (TPSA) is 89.1 Å². The summed E-state index contributed by atoms with van der Waals surface area (Å²) >= 11 is 0. The quantitative estimate of drug-likeness (QED) is 0.481. The van der Waals surface area contributed by atoms with Gasteiger partial charge in [-0.1, -0.05) is 24.3 Å². The second-order valence-electron chi connectivity index (χ2n) is 7.92.